The number of oxazole rings is 1. The van der Waals surface area contributed by atoms with Crippen LogP contribution in [0.3, 0.4) is 0 Å². The number of pyridine rings is 1. The van der Waals surface area contributed by atoms with Gasteiger partial charge in [0.25, 0.3) is 11.8 Å². The lowest BCUT2D eigenvalue weighted by Crippen LogP contribution is -2.52. The summed E-state index contributed by atoms with van der Waals surface area (Å²) in [4.78, 5) is 60.2. The molecular weight excluding hydrogens is 516 g/mol. The lowest BCUT2D eigenvalue weighted by Gasteiger charge is -2.23. The molecular formula is C28H32N6O6. The number of aromatic nitrogens is 2. The normalized spacial score (nSPS) is 21.4. The third-order valence-corrected chi connectivity index (χ3v) is 6.47. The maximum atomic E-state index is 13.5. The fraction of sp³-hybridized carbons (Fsp3) is 0.357. The second-order valence-corrected chi connectivity index (χ2v) is 9.57. The van der Waals surface area contributed by atoms with E-state index < -0.39 is 47.9 Å². The largest absolute Gasteiger partial charge is 0.446 e. The number of hydrogen-bond acceptors (Lipinski definition) is 8. The van der Waals surface area contributed by atoms with Gasteiger partial charge in [-0.15, -0.1) is 0 Å². The van der Waals surface area contributed by atoms with Gasteiger partial charge < -0.3 is 30.8 Å². The van der Waals surface area contributed by atoms with Gasteiger partial charge in [-0.2, -0.15) is 0 Å². The zero-order valence-electron chi connectivity index (χ0n) is 22.0. The smallest absolute Gasteiger partial charge is 0.273 e. The number of carbonyl (C=O) groups excluding carboxylic acids is 4. The average Bonchev–Trinajstić information content (AvgIpc) is 3.45. The number of aliphatic hydroxyl groups is 1. The molecule has 3 heterocycles. The molecule has 0 saturated carbocycles. The van der Waals surface area contributed by atoms with Crippen molar-refractivity contribution in [2.24, 2.45) is 0 Å². The van der Waals surface area contributed by atoms with Crippen LogP contribution in [0.1, 0.15) is 64.5 Å². The van der Waals surface area contributed by atoms with E-state index in [1.165, 1.54) is 13.1 Å². The van der Waals surface area contributed by atoms with E-state index in [1.54, 1.807) is 18.3 Å². The van der Waals surface area contributed by atoms with Gasteiger partial charge in [-0.1, -0.05) is 30.3 Å². The highest BCUT2D eigenvalue weighted by molar-refractivity contribution is 5.97. The van der Waals surface area contributed by atoms with E-state index in [4.69, 9.17) is 4.42 Å². The summed E-state index contributed by atoms with van der Waals surface area (Å²) in [6.45, 7) is 1.64. The molecule has 3 aromatic rings. The van der Waals surface area contributed by atoms with Crippen LogP contribution < -0.4 is 21.3 Å². The van der Waals surface area contributed by atoms with E-state index >= 15 is 0 Å². The Bertz CT molecular complexity index is 1310. The monoisotopic (exact) mass is 548 g/mol. The molecule has 0 spiro atoms. The predicted molar refractivity (Wildman–Crippen MR) is 143 cm³/mol. The highest BCUT2D eigenvalue weighted by atomic mass is 16.3. The summed E-state index contributed by atoms with van der Waals surface area (Å²) in [5, 5.41) is 21.0. The highest BCUT2D eigenvalue weighted by Gasteiger charge is 2.30. The van der Waals surface area contributed by atoms with Gasteiger partial charge in [0.1, 0.15) is 24.4 Å². The molecule has 4 rings (SSSR count). The molecule has 210 valence electrons. The number of aliphatic hydroxyl groups excluding tert-OH is 1. The van der Waals surface area contributed by atoms with Crippen molar-refractivity contribution in [1.29, 1.82) is 0 Å². The van der Waals surface area contributed by atoms with E-state index in [2.05, 4.69) is 31.2 Å². The van der Waals surface area contributed by atoms with E-state index in [0.29, 0.717) is 31.2 Å². The Kier molecular flexibility index (Phi) is 9.57. The summed E-state index contributed by atoms with van der Waals surface area (Å²) in [6.07, 6.45) is 4.50. The zero-order chi connectivity index (χ0) is 28.5. The van der Waals surface area contributed by atoms with Gasteiger partial charge in [-0.25, -0.2) is 4.98 Å². The zero-order valence-corrected chi connectivity index (χ0v) is 22.0. The van der Waals surface area contributed by atoms with Crippen LogP contribution in [0.2, 0.25) is 0 Å². The molecule has 2 bridgehead atoms. The second kappa shape index (κ2) is 13.5. The van der Waals surface area contributed by atoms with Crippen molar-refractivity contribution in [2.45, 2.75) is 56.8 Å². The van der Waals surface area contributed by atoms with Crippen molar-refractivity contribution in [3.05, 3.63) is 83.8 Å². The van der Waals surface area contributed by atoms with Crippen molar-refractivity contribution in [3.8, 4) is 0 Å². The standard InChI is InChI=1S/C28H32N6O6/c1-17(35)23-27(39)30-13-6-5-11-20(31-24(36)19-10-7-12-29-15-19)25(37)32-21(14-18-8-3-2-4-9-18)28-33-22(16-40-28)26(38)34-23/h2-4,7-10,12,15-17,20-21,23,35H,5-6,11,13-14H2,1H3,(H,30,39)(H,31,36)(H,32,37)(H,34,38)/t17-,20+,21+,23+/m1/s1. The van der Waals surface area contributed by atoms with E-state index in [1.807, 2.05) is 30.3 Å². The molecule has 1 aliphatic heterocycles. The Hall–Kier alpha value is -4.58. The van der Waals surface area contributed by atoms with Crippen molar-refractivity contribution < 1.29 is 28.7 Å². The summed E-state index contributed by atoms with van der Waals surface area (Å²) in [6, 6.07) is 9.71. The maximum absolute atomic E-state index is 13.5. The first-order chi connectivity index (χ1) is 19.3. The number of benzene rings is 1. The number of nitrogens with one attached hydrogen (secondary N) is 4. The fourth-order valence-corrected chi connectivity index (χ4v) is 4.30. The van der Waals surface area contributed by atoms with Gasteiger partial charge in [-0.05, 0) is 43.9 Å². The third kappa shape index (κ3) is 7.50. The lowest BCUT2D eigenvalue weighted by atomic mass is 10.0. The number of amides is 4. The number of nitrogens with zero attached hydrogens (tertiary/aromatic N) is 2. The number of fused-ring (bicyclic) bond motifs is 2. The SMILES string of the molecule is C[C@@H](O)[C@@H]1NC(=O)c2coc(n2)[C@H](Cc2ccccc2)NC(=O)[C@@H](NC(=O)c2cccnc2)CCCCNC1=O. The molecule has 12 nitrogen and oxygen atoms in total. The molecule has 0 unspecified atom stereocenters. The van der Waals surface area contributed by atoms with E-state index in [9.17, 15) is 24.3 Å². The Morgan fingerprint density at radius 1 is 1.10 bits per heavy atom. The molecule has 0 fully saturated rings. The molecule has 40 heavy (non-hydrogen) atoms. The average molecular weight is 549 g/mol. The molecule has 4 amide bonds. The first kappa shape index (κ1) is 28.4. The van der Waals surface area contributed by atoms with Gasteiger partial charge in [0, 0.05) is 25.4 Å². The van der Waals surface area contributed by atoms with Crippen molar-refractivity contribution in [2.75, 3.05) is 6.54 Å². The van der Waals surface area contributed by atoms with Gasteiger partial charge in [0.2, 0.25) is 17.7 Å². The van der Waals surface area contributed by atoms with E-state index in [0.717, 1.165) is 11.8 Å². The van der Waals surface area contributed by atoms with Crippen LogP contribution in [0.15, 0.2) is 65.5 Å². The third-order valence-electron chi connectivity index (χ3n) is 6.47. The Labute approximate surface area is 231 Å². The van der Waals surface area contributed by atoms with E-state index in [-0.39, 0.29) is 18.1 Å². The topological polar surface area (TPSA) is 176 Å². The predicted octanol–water partition coefficient (Wildman–Crippen LogP) is 1.05. The number of carbonyl (C=O) groups is 4. The number of rotatable bonds is 5. The quantitative estimate of drug-likeness (QED) is 0.314. The highest BCUT2D eigenvalue weighted by Crippen LogP contribution is 2.20. The Morgan fingerprint density at radius 2 is 1.90 bits per heavy atom. The second-order valence-electron chi connectivity index (χ2n) is 9.57. The Morgan fingerprint density at radius 3 is 2.62 bits per heavy atom. The van der Waals surface area contributed by atoms with Crippen LogP contribution in [0.4, 0.5) is 0 Å². The van der Waals surface area contributed by atoms with Gasteiger partial charge in [0.05, 0.1) is 11.7 Å². The molecule has 1 aromatic carbocycles. The molecule has 2 aromatic heterocycles. The maximum Gasteiger partial charge on any atom is 0.273 e. The lowest BCUT2D eigenvalue weighted by molar-refractivity contribution is -0.125. The summed E-state index contributed by atoms with van der Waals surface area (Å²) in [7, 11) is 0. The van der Waals surface area contributed by atoms with Crippen LogP contribution in [0, 0.1) is 0 Å². The fourth-order valence-electron chi connectivity index (χ4n) is 4.30. The molecule has 0 aliphatic carbocycles. The van der Waals surface area contributed by atoms with Gasteiger partial charge >= 0.3 is 0 Å². The first-order valence-electron chi connectivity index (χ1n) is 13.1. The van der Waals surface area contributed by atoms with Crippen LogP contribution in [0.25, 0.3) is 0 Å². The van der Waals surface area contributed by atoms with Crippen molar-refractivity contribution >= 4 is 23.6 Å². The molecule has 4 atom stereocenters. The molecule has 5 N–H and O–H groups in total. The molecule has 1 aliphatic rings. The number of hydrogen-bond donors (Lipinski definition) is 5. The summed E-state index contributed by atoms with van der Waals surface area (Å²) < 4.78 is 5.61. The van der Waals surface area contributed by atoms with Gasteiger partial charge in [-0.3, -0.25) is 24.2 Å². The van der Waals surface area contributed by atoms with Crippen LogP contribution in [-0.2, 0) is 16.0 Å². The Balaban J connectivity index is 1.63. The first-order valence-corrected chi connectivity index (χ1v) is 13.1. The van der Waals surface area contributed by atoms with Crippen LogP contribution in [0.5, 0.6) is 0 Å². The minimum Gasteiger partial charge on any atom is -0.446 e. The summed E-state index contributed by atoms with van der Waals surface area (Å²) in [5.41, 5.74) is 1.07. The van der Waals surface area contributed by atoms with Crippen molar-refractivity contribution in [3.63, 3.8) is 0 Å². The molecule has 0 radical (unpaired) electrons. The molecule has 12 heteroatoms. The summed E-state index contributed by atoms with van der Waals surface area (Å²) >= 11 is 0. The minimum atomic E-state index is -1.20. The molecule has 0 saturated heterocycles. The summed E-state index contributed by atoms with van der Waals surface area (Å²) in [5.74, 6) is -2.10. The van der Waals surface area contributed by atoms with Crippen molar-refractivity contribution in [1.82, 2.24) is 31.2 Å². The van der Waals surface area contributed by atoms with Crippen LogP contribution >= 0.6 is 0 Å². The van der Waals surface area contributed by atoms with Crippen LogP contribution in [-0.4, -0.2) is 63.4 Å². The van der Waals surface area contributed by atoms with Gasteiger partial charge in [0.15, 0.2) is 5.69 Å². The minimum absolute atomic E-state index is 0.0739.